The maximum Gasteiger partial charge on any atom is 0.306 e. The van der Waals surface area contributed by atoms with E-state index >= 15 is 0 Å². The van der Waals surface area contributed by atoms with Crippen molar-refractivity contribution in [3.05, 3.63) is 85.1 Å². The van der Waals surface area contributed by atoms with E-state index in [9.17, 15) is 14.4 Å². The van der Waals surface area contributed by atoms with Crippen molar-refractivity contribution < 1.29 is 28.6 Å². The van der Waals surface area contributed by atoms with E-state index in [4.69, 9.17) is 14.2 Å². The van der Waals surface area contributed by atoms with Gasteiger partial charge in [0.1, 0.15) is 13.2 Å². The molecule has 0 bridgehead atoms. The van der Waals surface area contributed by atoms with Crippen molar-refractivity contribution in [1.82, 2.24) is 0 Å². The molecular weight excluding hydrogens is 757 g/mol. The summed E-state index contributed by atoms with van der Waals surface area (Å²) >= 11 is 0. The summed E-state index contributed by atoms with van der Waals surface area (Å²) in [5.41, 5.74) is 0. The van der Waals surface area contributed by atoms with Crippen molar-refractivity contribution >= 4 is 17.9 Å². The van der Waals surface area contributed by atoms with Crippen molar-refractivity contribution in [2.75, 3.05) is 13.2 Å². The number of hydrogen-bond acceptors (Lipinski definition) is 6. The molecule has 0 spiro atoms. The molecule has 1 unspecified atom stereocenters. The van der Waals surface area contributed by atoms with Crippen LogP contribution in [0, 0.1) is 0 Å². The van der Waals surface area contributed by atoms with Crippen LogP contribution in [0.4, 0.5) is 0 Å². The molecule has 0 saturated heterocycles. The lowest BCUT2D eigenvalue weighted by atomic mass is 10.1. The van der Waals surface area contributed by atoms with Gasteiger partial charge in [0.25, 0.3) is 0 Å². The molecule has 0 aliphatic carbocycles. The van der Waals surface area contributed by atoms with Gasteiger partial charge in [0.2, 0.25) is 0 Å². The third kappa shape index (κ3) is 47.5. The molecule has 0 amide bonds. The molecule has 0 aromatic carbocycles. The van der Waals surface area contributed by atoms with E-state index < -0.39 is 6.10 Å². The number of hydrogen-bond donors (Lipinski definition) is 0. The fraction of sp³-hybridized carbons (Fsp3) is 0.691. The molecular formula is C55H92O6. The lowest BCUT2D eigenvalue weighted by Gasteiger charge is -2.18. The Hall–Kier alpha value is -3.41. The predicted molar refractivity (Wildman–Crippen MR) is 261 cm³/mol. The van der Waals surface area contributed by atoms with Crippen LogP contribution in [0.2, 0.25) is 0 Å². The van der Waals surface area contributed by atoms with Crippen LogP contribution in [-0.4, -0.2) is 37.2 Å². The summed E-state index contributed by atoms with van der Waals surface area (Å²) in [4.78, 5) is 37.9. The third-order valence-corrected chi connectivity index (χ3v) is 10.4. The van der Waals surface area contributed by atoms with Crippen LogP contribution in [0.1, 0.15) is 226 Å². The second kappa shape index (κ2) is 49.2. The minimum Gasteiger partial charge on any atom is -0.462 e. The lowest BCUT2D eigenvalue weighted by Crippen LogP contribution is -2.30. The van der Waals surface area contributed by atoms with Gasteiger partial charge in [0.05, 0.1) is 0 Å². The van der Waals surface area contributed by atoms with Gasteiger partial charge in [-0.3, -0.25) is 14.4 Å². The fourth-order valence-corrected chi connectivity index (χ4v) is 6.63. The first-order valence-corrected chi connectivity index (χ1v) is 25.1. The highest BCUT2D eigenvalue weighted by atomic mass is 16.6. The number of allylic oxidation sites excluding steroid dienone is 14. The number of rotatable bonds is 44. The predicted octanol–water partition coefficient (Wildman–Crippen LogP) is 16.4. The Bertz CT molecular complexity index is 1200. The van der Waals surface area contributed by atoms with Crippen LogP contribution in [0.15, 0.2) is 85.1 Å². The van der Waals surface area contributed by atoms with Gasteiger partial charge >= 0.3 is 17.9 Å². The van der Waals surface area contributed by atoms with Crippen LogP contribution in [0.3, 0.4) is 0 Å². The monoisotopic (exact) mass is 849 g/mol. The van der Waals surface area contributed by atoms with E-state index in [-0.39, 0.29) is 31.1 Å². The van der Waals surface area contributed by atoms with Crippen LogP contribution in [-0.2, 0) is 28.6 Å². The third-order valence-electron chi connectivity index (χ3n) is 10.4. The highest BCUT2D eigenvalue weighted by Gasteiger charge is 2.19. The molecule has 0 aliphatic heterocycles. The number of unbranched alkanes of at least 4 members (excludes halogenated alkanes) is 19. The van der Waals surface area contributed by atoms with Crippen molar-refractivity contribution in [3.8, 4) is 0 Å². The average molecular weight is 849 g/mol. The molecule has 0 N–H and O–H groups in total. The molecule has 0 radical (unpaired) electrons. The number of carbonyl (C=O) groups is 3. The standard InChI is InChI=1S/C55H92O6/c1-4-7-10-13-16-19-22-24-26-27-28-29-30-32-33-36-39-42-45-48-54(57)60-51-52(50-59-53(56)47-44-41-38-35-21-18-15-12-9-6-3)61-55(58)49-46-43-40-37-34-31-25-23-20-17-14-11-8-5-2/h7-8,10-11,15-20,24,26,28-29,52H,4-6,9,12-14,21-23,25,27,30-51H2,1-3H3/b10-7-,11-8-,18-15-,19-16-,20-17-,26-24-,29-28-. The summed E-state index contributed by atoms with van der Waals surface area (Å²) in [7, 11) is 0. The molecule has 0 heterocycles. The zero-order valence-electron chi connectivity index (χ0n) is 39.7. The van der Waals surface area contributed by atoms with Crippen molar-refractivity contribution in [2.45, 2.75) is 232 Å². The molecule has 0 aliphatic rings. The van der Waals surface area contributed by atoms with E-state index in [0.717, 1.165) is 135 Å². The minimum absolute atomic E-state index is 0.0913. The second-order valence-corrected chi connectivity index (χ2v) is 16.3. The largest absolute Gasteiger partial charge is 0.462 e. The highest BCUT2D eigenvalue weighted by molar-refractivity contribution is 5.71. The Morgan fingerprint density at radius 1 is 0.344 bits per heavy atom. The van der Waals surface area contributed by atoms with Crippen LogP contribution >= 0.6 is 0 Å². The Balaban J connectivity index is 4.38. The van der Waals surface area contributed by atoms with Crippen LogP contribution in [0.25, 0.3) is 0 Å². The maximum atomic E-state index is 12.8. The summed E-state index contributed by atoms with van der Waals surface area (Å²) in [5, 5.41) is 0. The van der Waals surface area contributed by atoms with Gasteiger partial charge in [-0.15, -0.1) is 0 Å². The normalized spacial score (nSPS) is 12.8. The topological polar surface area (TPSA) is 78.9 Å². The molecule has 0 fully saturated rings. The van der Waals surface area contributed by atoms with Gasteiger partial charge in [-0.2, -0.15) is 0 Å². The molecule has 6 nitrogen and oxygen atoms in total. The molecule has 0 aromatic rings. The SMILES string of the molecule is CC/C=C\C/C=C\C/C=C\C/C=C\CCCCCCCCC(=O)OCC(COC(=O)CCCCCC/C=C\CCCC)OC(=O)CCCCCCCCC/C=C\C/C=C\CC. The molecule has 348 valence electrons. The smallest absolute Gasteiger partial charge is 0.306 e. The summed E-state index contributed by atoms with van der Waals surface area (Å²) in [6.45, 7) is 6.34. The van der Waals surface area contributed by atoms with Gasteiger partial charge in [-0.25, -0.2) is 0 Å². The van der Waals surface area contributed by atoms with Gasteiger partial charge in [0.15, 0.2) is 6.10 Å². The zero-order valence-corrected chi connectivity index (χ0v) is 39.7. The highest BCUT2D eigenvalue weighted by Crippen LogP contribution is 2.14. The molecule has 6 heteroatoms. The summed E-state index contributed by atoms with van der Waals surface area (Å²) in [5.74, 6) is -0.930. The van der Waals surface area contributed by atoms with E-state index in [1.54, 1.807) is 0 Å². The minimum atomic E-state index is -0.790. The van der Waals surface area contributed by atoms with Gasteiger partial charge < -0.3 is 14.2 Å². The summed E-state index contributed by atoms with van der Waals surface area (Å²) in [6, 6.07) is 0. The molecule has 0 aromatic heterocycles. The average Bonchev–Trinajstić information content (AvgIpc) is 3.26. The van der Waals surface area contributed by atoms with Crippen molar-refractivity contribution in [2.24, 2.45) is 0 Å². The van der Waals surface area contributed by atoms with E-state index in [1.807, 2.05) is 0 Å². The summed E-state index contributed by atoms with van der Waals surface area (Å²) in [6.07, 6.45) is 62.8. The van der Waals surface area contributed by atoms with E-state index in [0.29, 0.717) is 19.3 Å². The second-order valence-electron chi connectivity index (χ2n) is 16.3. The molecule has 0 saturated carbocycles. The first-order valence-electron chi connectivity index (χ1n) is 25.1. The van der Waals surface area contributed by atoms with E-state index in [2.05, 4.69) is 106 Å². The molecule has 0 rings (SSSR count). The van der Waals surface area contributed by atoms with Gasteiger partial charge in [-0.05, 0) is 103 Å². The first-order chi connectivity index (χ1) is 30.0. The van der Waals surface area contributed by atoms with Crippen molar-refractivity contribution in [1.29, 1.82) is 0 Å². The summed E-state index contributed by atoms with van der Waals surface area (Å²) < 4.78 is 16.7. The Morgan fingerprint density at radius 3 is 1.02 bits per heavy atom. The number of ether oxygens (including phenoxy) is 3. The van der Waals surface area contributed by atoms with Crippen LogP contribution < -0.4 is 0 Å². The number of esters is 3. The lowest BCUT2D eigenvalue weighted by molar-refractivity contribution is -0.167. The van der Waals surface area contributed by atoms with Gasteiger partial charge in [0, 0.05) is 19.3 Å². The van der Waals surface area contributed by atoms with Gasteiger partial charge in [-0.1, -0.05) is 189 Å². The molecule has 61 heavy (non-hydrogen) atoms. The Kier molecular flexibility index (Phi) is 46.5. The number of carbonyl (C=O) groups excluding carboxylic acids is 3. The van der Waals surface area contributed by atoms with Crippen molar-refractivity contribution in [3.63, 3.8) is 0 Å². The Morgan fingerprint density at radius 2 is 0.639 bits per heavy atom. The Labute approximate surface area is 375 Å². The fourth-order valence-electron chi connectivity index (χ4n) is 6.63. The zero-order chi connectivity index (χ0) is 44.4. The maximum absolute atomic E-state index is 12.8. The first kappa shape index (κ1) is 57.6. The quantitative estimate of drug-likeness (QED) is 0.0263. The van der Waals surface area contributed by atoms with E-state index in [1.165, 1.54) is 51.4 Å². The molecule has 1 atom stereocenters. The van der Waals surface area contributed by atoms with Crippen LogP contribution in [0.5, 0.6) is 0 Å².